The molecule has 0 aliphatic rings. The van der Waals surface area contributed by atoms with Crippen LogP contribution in [-0.4, -0.2) is 0 Å². The average Bonchev–Trinajstić information content (AvgIpc) is 2.79. The molecule has 0 radical (unpaired) electrons. The van der Waals surface area contributed by atoms with Gasteiger partial charge in [0.25, 0.3) is 0 Å². The Morgan fingerprint density at radius 1 is 0.393 bits per heavy atom. The molecule has 0 aromatic heterocycles. The lowest BCUT2D eigenvalue weighted by Gasteiger charge is -2.25. The molecule has 2 nitrogen and oxygen atoms in total. The fraction of sp³-hybridized carbons (Fsp3) is 0.0769. The summed E-state index contributed by atoms with van der Waals surface area (Å²) in [5.41, 5.74) is 20.1. The first kappa shape index (κ1) is 18.2. The van der Waals surface area contributed by atoms with Crippen molar-refractivity contribution in [2.45, 2.75) is 12.1 Å². The summed E-state index contributed by atoms with van der Waals surface area (Å²) in [5, 5.41) is 0. The second-order valence-electron chi connectivity index (χ2n) is 6.96. The molecule has 0 heterocycles. The first-order chi connectivity index (χ1) is 13.8. The van der Waals surface area contributed by atoms with Crippen LogP contribution in [-0.2, 0) is 0 Å². The molecule has 0 saturated carbocycles. The third kappa shape index (κ3) is 3.61. The van der Waals surface area contributed by atoms with Gasteiger partial charge in [-0.15, -0.1) is 0 Å². The van der Waals surface area contributed by atoms with Crippen molar-refractivity contribution in [1.29, 1.82) is 0 Å². The van der Waals surface area contributed by atoms with Gasteiger partial charge in [-0.2, -0.15) is 0 Å². The summed E-state index contributed by atoms with van der Waals surface area (Å²) in [6, 6.07) is 36.5. The van der Waals surface area contributed by atoms with Crippen molar-refractivity contribution < 1.29 is 0 Å². The van der Waals surface area contributed by atoms with Crippen LogP contribution in [0.4, 0.5) is 0 Å². The van der Waals surface area contributed by atoms with Crippen LogP contribution in [0.1, 0.15) is 23.2 Å². The van der Waals surface area contributed by atoms with Gasteiger partial charge in [-0.05, 0) is 33.4 Å². The van der Waals surface area contributed by atoms with Gasteiger partial charge in [-0.3, -0.25) is 0 Å². The Balaban J connectivity index is 1.74. The summed E-state index contributed by atoms with van der Waals surface area (Å²) in [5.74, 6) is 0. The Morgan fingerprint density at radius 2 is 0.714 bits per heavy atom. The van der Waals surface area contributed by atoms with Gasteiger partial charge < -0.3 is 11.5 Å². The van der Waals surface area contributed by atoms with E-state index in [4.69, 9.17) is 11.5 Å². The minimum Gasteiger partial charge on any atom is -0.322 e. The standard InChI is InChI=1S/C26H24N2/c27-25(23-17-9-7-15-21(23)19-11-3-1-4-12-19)26(28)24-18-10-8-16-22(24)20-13-5-2-6-14-20/h1-18,25-26H,27-28H2. The first-order valence-corrected chi connectivity index (χ1v) is 9.55. The quantitative estimate of drug-likeness (QED) is 0.476. The van der Waals surface area contributed by atoms with Crippen LogP contribution in [0.3, 0.4) is 0 Å². The number of nitrogens with two attached hydrogens (primary N) is 2. The highest BCUT2D eigenvalue weighted by molar-refractivity contribution is 5.70. The molecule has 0 aliphatic heterocycles. The van der Waals surface area contributed by atoms with Gasteiger partial charge in [0.1, 0.15) is 0 Å². The zero-order chi connectivity index (χ0) is 19.3. The van der Waals surface area contributed by atoms with E-state index in [1.54, 1.807) is 0 Å². The molecule has 4 aromatic carbocycles. The Morgan fingerprint density at radius 3 is 1.11 bits per heavy atom. The Labute approximate surface area is 166 Å². The number of benzene rings is 4. The monoisotopic (exact) mass is 364 g/mol. The van der Waals surface area contributed by atoms with Crippen LogP contribution in [0.15, 0.2) is 109 Å². The molecule has 138 valence electrons. The second kappa shape index (κ2) is 8.22. The molecule has 0 saturated heterocycles. The van der Waals surface area contributed by atoms with Crippen LogP contribution >= 0.6 is 0 Å². The van der Waals surface area contributed by atoms with E-state index in [9.17, 15) is 0 Å². The zero-order valence-electron chi connectivity index (χ0n) is 15.7. The number of hydrogen-bond acceptors (Lipinski definition) is 2. The van der Waals surface area contributed by atoms with Gasteiger partial charge in [-0.1, -0.05) is 109 Å². The molecule has 0 aliphatic carbocycles. The van der Waals surface area contributed by atoms with Gasteiger partial charge in [0.2, 0.25) is 0 Å². The molecule has 0 amide bonds. The third-order valence-corrected chi connectivity index (χ3v) is 5.20. The lowest BCUT2D eigenvalue weighted by molar-refractivity contribution is 0.576. The Hall–Kier alpha value is -3.20. The summed E-state index contributed by atoms with van der Waals surface area (Å²) in [6.07, 6.45) is 0. The molecule has 4 rings (SSSR count). The predicted octanol–water partition coefficient (Wildman–Crippen LogP) is 5.72. The largest absolute Gasteiger partial charge is 0.322 e. The van der Waals surface area contributed by atoms with Crippen molar-refractivity contribution in [1.82, 2.24) is 0 Å². The van der Waals surface area contributed by atoms with Crippen LogP contribution in [0.5, 0.6) is 0 Å². The lowest BCUT2D eigenvalue weighted by atomic mass is 9.86. The van der Waals surface area contributed by atoms with Crippen molar-refractivity contribution in [2.75, 3.05) is 0 Å². The Bertz CT molecular complexity index is 955. The van der Waals surface area contributed by atoms with Crippen LogP contribution < -0.4 is 11.5 Å². The van der Waals surface area contributed by atoms with Crippen molar-refractivity contribution >= 4 is 0 Å². The van der Waals surface area contributed by atoms with E-state index in [0.717, 1.165) is 33.4 Å². The number of hydrogen-bond donors (Lipinski definition) is 2. The highest BCUT2D eigenvalue weighted by atomic mass is 14.8. The molecule has 0 spiro atoms. The van der Waals surface area contributed by atoms with Gasteiger partial charge in [0, 0.05) is 12.1 Å². The zero-order valence-corrected chi connectivity index (χ0v) is 15.7. The number of rotatable bonds is 5. The normalized spacial score (nSPS) is 13.1. The molecule has 0 bridgehead atoms. The van der Waals surface area contributed by atoms with Gasteiger partial charge in [-0.25, -0.2) is 0 Å². The second-order valence-corrected chi connectivity index (χ2v) is 6.96. The van der Waals surface area contributed by atoms with Crippen LogP contribution in [0.25, 0.3) is 22.3 Å². The molecular formula is C26H24N2. The molecule has 2 atom stereocenters. The SMILES string of the molecule is NC(c1ccccc1-c1ccccc1)C(N)c1ccccc1-c1ccccc1. The highest BCUT2D eigenvalue weighted by Gasteiger charge is 2.22. The third-order valence-electron chi connectivity index (χ3n) is 5.20. The summed E-state index contributed by atoms with van der Waals surface area (Å²) in [4.78, 5) is 0. The highest BCUT2D eigenvalue weighted by Crippen LogP contribution is 2.36. The maximum atomic E-state index is 6.73. The summed E-state index contributed by atoms with van der Waals surface area (Å²) in [6.45, 7) is 0. The van der Waals surface area contributed by atoms with Crippen LogP contribution in [0, 0.1) is 0 Å². The fourth-order valence-corrected chi connectivity index (χ4v) is 3.72. The lowest BCUT2D eigenvalue weighted by Crippen LogP contribution is -2.27. The van der Waals surface area contributed by atoms with E-state index in [-0.39, 0.29) is 12.1 Å². The Kier molecular flexibility index (Phi) is 5.34. The molecule has 2 unspecified atom stereocenters. The molecule has 4 aromatic rings. The topological polar surface area (TPSA) is 52.0 Å². The molecule has 28 heavy (non-hydrogen) atoms. The molecule has 2 heteroatoms. The van der Waals surface area contributed by atoms with E-state index in [1.807, 2.05) is 60.7 Å². The van der Waals surface area contributed by atoms with Gasteiger partial charge in [0.05, 0.1) is 0 Å². The molecular weight excluding hydrogens is 340 g/mol. The van der Waals surface area contributed by atoms with E-state index < -0.39 is 0 Å². The predicted molar refractivity (Wildman–Crippen MR) is 118 cm³/mol. The minimum atomic E-state index is -0.318. The smallest absolute Gasteiger partial charge is 0.0497 e. The van der Waals surface area contributed by atoms with Gasteiger partial charge >= 0.3 is 0 Å². The summed E-state index contributed by atoms with van der Waals surface area (Å²) < 4.78 is 0. The summed E-state index contributed by atoms with van der Waals surface area (Å²) in [7, 11) is 0. The molecule has 0 fully saturated rings. The van der Waals surface area contributed by atoms with E-state index in [0.29, 0.717) is 0 Å². The van der Waals surface area contributed by atoms with Crippen molar-refractivity contribution in [3.05, 3.63) is 120 Å². The average molecular weight is 364 g/mol. The molecule has 4 N–H and O–H groups in total. The van der Waals surface area contributed by atoms with Crippen LogP contribution in [0.2, 0.25) is 0 Å². The summed E-state index contributed by atoms with van der Waals surface area (Å²) >= 11 is 0. The van der Waals surface area contributed by atoms with Crippen molar-refractivity contribution in [3.8, 4) is 22.3 Å². The van der Waals surface area contributed by atoms with E-state index in [2.05, 4.69) is 48.5 Å². The maximum Gasteiger partial charge on any atom is 0.0497 e. The maximum absolute atomic E-state index is 6.73. The van der Waals surface area contributed by atoms with E-state index >= 15 is 0 Å². The van der Waals surface area contributed by atoms with Gasteiger partial charge in [0.15, 0.2) is 0 Å². The fourth-order valence-electron chi connectivity index (χ4n) is 3.72. The first-order valence-electron chi connectivity index (χ1n) is 9.55. The van der Waals surface area contributed by atoms with Crippen molar-refractivity contribution in [2.24, 2.45) is 11.5 Å². The van der Waals surface area contributed by atoms with Crippen molar-refractivity contribution in [3.63, 3.8) is 0 Å². The minimum absolute atomic E-state index is 0.318. The van der Waals surface area contributed by atoms with E-state index in [1.165, 1.54) is 0 Å².